The van der Waals surface area contributed by atoms with E-state index < -0.39 is 11.6 Å². The molecule has 0 aliphatic rings. The molecule has 0 saturated carbocycles. The summed E-state index contributed by atoms with van der Waals surface area (Å²) < 4.78 is 20.4. The highest BCUT2D eigenvalue weighted by atomic mass is 35.5. The van der Waals surface area contributed by atoms with Crippen molar-refractivity contribution in [1.82, 2.24) is 9.97 Å². The summed E-state index contributed by atoms with van der Waals surface area (Å²) in [5.74, 6) is -0.653. The maximum atomic E-state index is 14.6. The third-order valence-corrected chi connectivity index (χ3v) is 5.12. The molecule has 1 heterocycles. The van der Waals surface area contributed by atoms with Crippen molar-refractivity contribution in [3.05, 3.63) is 94.4 Å². The second-order valence-electron chi connectivity index (χ2n) is 6.95. The van der Waals surface area contributed by atoms with Gasteiger partial charge in [0.1, 0.15) is 24.0 Å². The molecule has 0 fully saturated rings. The summed E-state index contributed by atoms with van der Waals surface area (Å²) >= 11 is 6.38. The number of rotatable bonds is 8. The molecular formula is C24H19ClFN3O3. The second-order valence-corrected chi connectivity index (χ2v) is 7.32. The van der Waals surface area contributed by atoms with Gasteiger partial charge in [0.2, 0.25) is 0 Å². The number of hydrogen-bond donors (Lipinski definition) is 2. The van der Waals surface area contributed by atoms with Crippen LogP contribution >= 0.6 is 11.6 Å². The van der Waals surface area contributed by atoms with E-state index in [0.717, 1.165) is 11.6 Å². The molecule has 6 nitrogen and oxygen atoms in total. The molecule has 4 rings (SSSR count). The second kappa shape index (κ2) is 9.72. The first-order valence-electron chi connectivity index (χ1n) is 9.88. The first-order valence-corrected chi connectivity index (χ1v) is 10.3. The average molecular weight is 452 g/mol. The fourth-order valence-corrected chi connectivity index (χ4v) is 3.45. The number of carbonyl (C=O) groups is 1. The predicted molar refractivity (Wildman–Crippen MR) is 121 cm³/mol. The number of ether oxygens (including phenoxy) is 1. The maximum Gasteiger partial charge on any atom is 0.197 e. The quantitative estimate of drug-likeness (QED) is 0.380. The van der Waals surface area contributed by atoms with Crippen molar-refractivity contribution in [3.8, 4) is 5.75 Å². The van der Waals surface area contributed by atoms with Gasteiger partial charge < -0.3 is 15.2 Å². The number of aliphatic hydroxyl groups excluding tert-OH is 1. The number of aromatic nitrogens is 2. The molecule has 8 heteroatoms. The van der Waals surface area contributed by atoms with Crippen LogP contribution in [0.3, 0.4) is 0 Å². The van der Waals surface area contributed by atoms with E-state index in [1.807, 2.05) is 30.3 Å². The molecule has 2 N–H and O–H groups in total. The third kappa shape index (κ3) is 4.69. The van der Waals surface area contributed by atoms with E-state index >= 15 is 0 Å². The van der Waals surface area contributed by atoms with Crippen LogP contribution in [0.5, 0.6) is 5.75 Å². The van der Waals surface area contributed by atoms with E-state index in [-0.39, 0.29) is 35.1 Å². The van der Waals surface area contributed by atoms with E-state index in [9.17, 15) is 9.18 Å². The molecule has 32 heavy (non-hydrogen) atoms. The molecule has 0 atom stereocenters. The summed E-state index contributed by atoms with van der Waals surface area (Å²) in [6.45, 7) is 0.489. The highest BCUT2D eigenvalue weighted by molar-refractivity contribution is 6.36. The van der Waals surface area contributed by atoms with Gasteiger partial charge in [-0.15, -0.1) is 0 Å². The lowest BCUT2D eigenvalue weighted by Crippen LogP contribution is -2.09. The number of nitrogens with one attached hydrogen (secondary N) is 1. The topological polar surface area (TPSA) is 84.3 Å². The van der Waals surface area contributed by atoms with Crippen molar-refractivity contribution in [2.24, 2.45) is 0 Å². The number of halogens is 2. The minimum absolute atomic E-state index is 0.0568. The molecule has 0 bridgehead atoms. The zero-order valence-corrected chi connectivity index (χ0v) is 17.6. The summed E-state index contributed by atoms with van der Waals surface area (Å²) in [5.41, 5.74) is 1.89. The molecule has 0 aliphatic carbocycles. The minimum atomic E-state index is -0.739. The van der Waals surface area contributed by atoms with E-state index in [1.165, 1.54) is 18.3 Å². The zero-order valence-electron chi connectivity index (χ0n) is 16.9. The highest BCUT2D eigenvalue weighted by Crippen LogP contribution is 2.33. The van der Waals surface area contributed by atoms with E-state index in [0.29, 0.717) is 23.4 Å². The number of carbonyl (C=O) groups excluding carboxylic acids is 1. The van der Waals surface area contributed by atoms with Gasteiger partial charge in [0.15, 0.2) is 5.78 Å². The first kappa shape index (κ1) is 21.7. The fourth-order valence-electron chi connectivity index (χ4n) is 3.15. The Morgan fingerprint density at radius 3 is 2.69 bits per heavy atom. The van der Waals surface area contributed by atoms with E-state index in [2.05, 4.69) is 15.3 Å². The first-order chi connectivity index (χ1) is 15.6. The molecule has 4 aromatic rings. The molecule has 0 spiro atoms. The summed E-state index contributed by atoms with van der Waals surface area (Å²) in [6, 6.07) is 16.7. The molecule has 0 aliphatic heterocycles. The van der Waals surface area contributed by atoms with Gasteiger partial charge in [-0.25, -0.2) is 9.37 Å². The van der Waals surface area contributed by atoms with E-state index in [4.69, 9.17) is 21.4 Å². The number of hydrogen-bond acceptors (Lipinski definition) is 6. The van der Waals surface area contributed by atoms with Crippen LogP contribution in [0.1, 0.15) is 21.5 Å². The normalized spacial score (nSPS) is 10.8. The molecule has 0 unspecified atom stereocenters. The zero-order chi connectivity index (χ0) is 22.5. The molecule has 0 saturated heterocycles. The summed E-state index contributed by atoms with van der Waals surface area (Å²) in [5, 5.41) is 11.8. The van der Waals surface area contributed by atoms with Crippen molar-refractivity contribution < 1.29 is 19.0 Å². The van der Waals surface area contributed by atoms with Crippen LogP contribution in [0, 0.1) is 5.82 Å². The third-order valence-electron chi connectivity index (χ3n) is 4.74. The molecule has 0 amide bonds. The Morgan fingerprint density at radius 1 is 1.09 bits per heavy atom. The van der Waals surface area contributed by atoms with Crippen LogP contribution in [-0.4, -0.2) is 34.0 Å². The Hall–Kier alpha value is -3.55. The molecular weight excluding hydrogens is 433 g/mol. The monoisotopic (exact) mass is 451 g/mol. The predicted octanol–water partition coefficient (Wildman–Crippen LogP) is 4.64. The lowest BCUT2D eigenvalue weighted by molar-refractivity contribution is 0.103. The van der Waals surface area contributed by atoms with Crippen LogP contribution in [0.15, 0.2) is 66.9 Å². The smallest absolute Gasteiger partial charge is 0.197 e. The SMILES string of the molecule is O=C(c1ccc2ncc(NCCO)nc2c1)c1c(F)ccc(OCc2ccccc2)c1Cl. The Kier molecular flexibility index (Phi) is 6.58. The van der Waals surface area contributed by atoms with Crippen molar-refractivity contribution >= 4 is 34.2 Å². The average Bonchev–Trinajstić information content (AvgIpc) is 2.82. The van der Waals surface area contributed by atoms with Crippen LogP contribution in [0.4, 0.5) is 10.2 Å². The largest absolute Gasteiger partial charge is 0.487 e. The Labute approximate surface area is 188 Å². The summed E-state index contributed by atoms with van der Waals surface area (Å²) in [7, 11) is 0. The molecule has 1 aromatic heterocycles. The van der Waals surface area contributed by atoms with Crippen molar-refractivity contribution in [2.75, 3.05) is 18.5 Å². The van der Waals surface area contributed by atoms with Gasteiger partial charge >= 0.3 is 0 Å². The van der Waals surface area contributed by atoms with Crippen molar-refractivity contribution in [3.63, 3.8) is 0 Å². The van der Waals surface area contributed by atoms with E-state index in [1.54, 1.807) is 12.1 Å². The number of fused-ring (bicyclic) bond motifs is 1. The van der Waals surface area contributed by atoms with Crippen LogP contribution in [-0.2, 0) is 6.61 Å². The Bertz CT molecular complexity index is 1270. The van der Waals surface area contributed by atoms with Gasteiger partial charge in [-0.3, -0.25) is 9.78 Å². The summed E-state index contributed by atoms with van der Waals surface area (Å²) in [4.78, 5) is 21.8. The lowest BCUT2D eigenvalue weighted by atomic mass is 10.0. The van der Waals surface area contributed by atoms with Gasteiger partial charge in [0, 0.05) is 12.1 Å². The van der Waals surface area contributed by atoms with Gasteiger partial charge in [0.25, 0.3) is 0 Å². The Balaban J connectivity index is 1.63. The van der Waals surface area contributed by atoms with Crippen LogP contribution < -0.4 is 10.1 Å². The number of benzene rings is 3. The Morgan fingerprint density at radius 2 is 1.91 bits per heavy atom. The van der Waals surface area contributed by atoms with Gasteiger partial charge in [-0.1, -0.05) is 41.9 Å². The summed E-state index contributed by atoms with van der Waals surface area (Å²) in [6.07, 6.45) is 1.53. The van der Waals surface area contributed by atoms with Crippen LogP contribution in [0.2, 0.25) is 5.02 Å². The minimum Gasteiger partial charge on any atom is -0.487 e. The van der Waals surface area contributed by atoms with Gasteiger partial charge in [-0.05, 0) is 35.9 Å². The fraction of sp³-hybridized carbons (Fsp3) is 0.125. The highest BCUT2D eigenvalue weighted by Gasteiger charge is 2.22. The number of anilines is 1. The molecule has 162 valence electrons. The maximum absolute atomic E-state index is 14.6. The standard InChI is InChI=1S/C24H19ClFN3O3/c25-23-20(32-14-15-4-2-1-3-5-15)9-7-17(26)22(23)24(31)16-6-8-18-19(12-16)29-21(13-28-18)27-10-11-30/h1-9,12-13,30H,10-11,14H2,(H,27,29). The molecule has 3 aromatic carbocycles. The van der Waals surface area contributed by atoms with Gasteiger partial charge in [0.05, 0.1) is 34.4 Å². The number of ketones is 1. The van der Waals surface area contributed by atoms with Crippen molar-refractivity contribution in [1.29, 1.82) is 0 Å². The number of aliphatic hydroxyl groups is 1. The number of nitrogens with zero attached hydrogens (tertiary/aromatic N) is 2. The molecule has 0 radical (unpaired) electrons. The lowest BCUT2D eigenvalue weighted by Gasteiger charge is -2.12. The van der Waals surface area contributed by atoms with Crippen LogP contribution in [0.25, 0.3) is 11.0 Å². The van der Waals surface area contributed by atoms with Gasteiger partial charge in [-0.2, -0.15) is 0 Å². The van der Waals surface area contributed by atoms with Crippen molar-refractivity contribution in [2.45, 2.75) is 6.61 Å².